The first-order chi connectivity index (χ1) is 9.54. The van der Waals surface area contributed by atoms with E-state index in [1.165, 1.54) is 4.90 Å². The molecule has 1 atom stereocenters. The van der Waals surface area contributed by atoms with Gasteiger partial charge in [-0.25, -0.2) is 4.79 Å². The molecule has 8 heteroatoms. The van der Waals surface area contributed by atoms with Gasteiger partial charge in [0.25, 0.3) is 0 Å². The summed E-state index contributed by atoms with van der Waals surface area (Å²) in [6.07, 6.45) is 4.75. The van der Waals surface area contributed by atoms with E-state index < -0.39 is 5.97 Å². The third-order valence-corrected chi connectivity index (χ3v) is 3.00. The number of aryl methyl sites for hydroxylation is 1. The molecule has 0 aliphatic rings. The zero-order valence-corrected chi connectivity index (χ0v) is 11.8. The Morgan fingerprint density at radius 3 is 2.80 bits per heavy atom. The lowest BCUT2D eigenvalue weighted by molar-refractivity contribution is -0.138. The second kappa shape index (κ2) is 8.13. The van der Waals surface area contributed by atoms with Crippen LogP contribution in [0.15, 0.2) is 12.4 Å². The number of carboxylic acids is 1. The molecule has 112 valence electrons. The van der Waals surface area contributed by atoms with Gasteiger partial charge in [-0.05, 0) is 19.8 Å². The van der Waals surface area contributed by atoms with Gasteiger partial charge in [-0.3, -0.25) is 9.48 Å². The average molecular weight is 283 g/mol. The van der Waals surface area contributed by atoms with E-state index >= 15 is 0 Å². The Labute approximate surface area is 117 Å². The zero-order valence-electron chi connectivity index (χ0n) is 11.8. The lowest BCUT2D eigenvalue weighted by Crippen LogP contribution is -2.47. The number of amides is 2. The summed E-state index contributed by atoms with van der Waals surface area (Å²) in [5.41, 5.74) is 0. The number of rotatable bonds is 8. The number of nitrogens with zero attached hydrogens (tertiary/aromatic N) is 4. The van der Waals surface area contributed by atoms with Crippen LogP contribution in [0, 0.1) is 0 Å². The summed E-state index contributed by atoms with van der Waals surface area (Å²) in [5.74, 6) is -1.01. The van der Waals surface area contributed by atoms with Gasteiger partial charge in [-0.1, -0.05) is 12.1 Å². The molecule has 0 spiro atoms. The maximum absolute atomic E-state index is 12.0. The maximum atomic E-state index is 12.0. The third-order valence-electron chi connectivity index (χ3n) is 3.00. The van der Waals surface area contributed by atoms with Crippen LogP contribution in [-0.2, 0) is 11.3 Å². The van der Waals surface area contributed by atoms with Crippen molar-refractivity contribution in [2.75, 3.05) is 13.1 Å². The summed E-state index contributed by atoms with van der Waals surface area (Å²) >= 11 is 0. The van der Waals surface area contributed by atoms with Crippen LogP contribution >= 0.6 is 0 Å². The quantitative estimate of drug-likeness (QED) is 0.679. The topological polar surface area (TPSA) is 100 Å². The van der Waals surface area contributed by atoms with E-state index in [2.05, 4.69) is 15.6 Å². The Balaban J connectivity index is 2.35. The Kier molecular flexibility index (Phi) is 6.48. The Bertz CT molecular complexity index is 421. The molecule has 0 aliphatic heterocycles. The fourth-order valence-electron chi connectivity index (χ4n) is 1.68. The minimum atomic E-state index is -1.01. The van der Waals surface area contributed by atoms with Gasteiger partial charge in [-0.2, -0.15) is 0 Å². The van der Waals surface area contributed by atoms with E-state index in [0.717, 1.165) is 0 Å². The van der Waals surface area contributed by atoms with Crippen molar-refractivity contribution >= 4 is 12.0 Å². The minimum absolute atomic E-state index is 0.110. The van der Waals surface area contributed by atoms with E-state index in [0.29, 0.717) is 25.9 Å². The molecule has 0 saturated carbocycles. The molecule has 2 amide bonds. The number of carboxylic acid groups (broad SMARTS) is 1. The van der Waals surface area contributed by atoms with Crippen LogP contribution in [0.25, 0.3) is 0 Å². The molecule has 0 saturated heterocycles. The molecule has 8 nitrogen and oxygen atoms in total. The first-order valence-corrected chi connectivity index (χ1v) is 6.65. The number of carbonyl (C=O) groups excluding carboxylic acids is 1. The Morgan fingerprint density at radius 2 is 2.25 bits per heavy atom. The first-order valence-electron chi connectivity index (χ1n) is 6.65. The van der Waals surface area contributed by atoms with Gasteiger partial charge in [0.05, 0.1) is 6.20 Å². The van der Waals surface area contributed by atoms with Crippen LogP contribution in [-0.4, -0.2) is 56.1 Å². The molecular weight excluding hydrogens is 262 g/mol. The van der Waals surface area contributed by atoms with Gasteiger partial charge >= 0.3 is 12.0 Å². The fraction of sp³-hybridized carbons (Fsp3) is 0.667. The number of hydrogen-bond acceptors (Lipinski definition) is 4. The van der Waals surface area contributed by atoms with Crippen molar-refractivity contribution in [2.45, 2.75) is 39.3 Å². The monoisotopic (exact) mass is 283 g/mol. The molecule has 0 aromatic carbocycles. The predicted octanol–water partition coefficient (Wildman–Crippen LogP) is 0.563. The predicted molar refractivity (Wildman–Crippen MR) is 72.1 cm³/mol. The number of aromatic nitrogens is 3. The molecule has 0 bridgehead atoms. The Hall–Kier alpha value is -2.12. The summed E-state index contributed by atoms with van der Waals surface area (Å²) in [6, 6.07) is -0.457. The van der Waals surface area contributed by atoms with Crippen LogP contribution in [0.2, 0.25) is 0 Å². The van der Waals surface area contributed by atoms with Crippen LogP contribution in [0.3, 0.4) is 0 Å². The number of urea groups is 1. The summed E-state index contributed by atoms with van der Waals surface area (Å²) in [5, 5.41) is 19.1. The van der Waals surface area contributed by atoms with Crippen molar-refractivity contribution in [3.63, 3.8) is 0 Å². The largest absolute Gasteiger partial charge is 0.480 e. The minimum Gasteiger partial charge on any atom is -0.480 e. The van der Waals surface area contributed by atoms with Crippen molar-refractivity contribution in [1.82, 2.24) is 25.2 Å². The fourth-order valence-corrected chi connectivity index (χ4v) is 1.68. The maximum Gasteiger partial charge on any atom is 0.323 e. The molecule has 1 aromatic heterocycles. The molecular formula is C12H21N5O3. The highest BCUT2D eigenvalue weighted by atomic mass is 16.4. The molecule has 20 heavy (non-hydrogen) atoms. The molecule has 0 aliphatic carbocycles. The lowest BCUT2D eigenvalue weighted by atomic mass is 10.2. The SMILES string of the molecule is CCC(C)N(CC(=O)O)C(=O)NCCCn1ccnn1. The molecule has 0 radical (unpaired) electrons. The van der Waals surface area contributed by atoms with Crippen LogP contribution in [0.4, 0.5) is 4.79 Å². The van der Waals surface area contributed by atoms with Gasteiger partial charge < -0.3 is 15.3 Å². The second-order valence-electron chi connectivity index (χ2n) is 4.53. The number of nitrogens with one attached hydrogen (secondary N) is 1. The first kappa shape index (κ1) is 15.9. The highest BCUT2D eigenvalue weighted by molar-refractivity contribution is 5.80. The van der Waals surface area contributed by atoms with E-state index in [1.807, 2.05) is 13.8 Å². The van der Waals surface area contributed by atoms with E-state index in [1.54, 1.807) is 17.1 Å². The normalized spacial score (nSPS) is 11.9. The van der Waals surface area contributed by atoms with Crippen molar-refractivity contribution in [2.24, 2.45) is 0 Å². The van der Waals surface area contributed by atoms with Crippen LogP contribution < -0.4 is 5.32 Å². The second-order valence-corrected chi connectivity index (χ2v) is 4.53. The molecule has 1 rings (SSSR count). The summed E-state index contributed by atoms with van der Waals surface area (Å²) in [6.45, 7) is 4.58. The van der Waals surface area contributed by atoms with Crippen molar-refractivity contribution < 1.29 is 14.7 Å². The standard InChI is InChI=1S/C12H21N5O3/c1-3-10(2)17(9-11(18)19)12(20)13-5-4-7-16-8-6-14-15-16/h6,8,10H,3-5,7,9H2,1-2H3,(H,13,20)(H,18,19). The van der Waals surface area contributed by atoms with Gasteiger partial charge in [-0.15, -0.1) is 5.10 Å². The Morgan fingerprint density at radius 1 is 1.50 bits per heavy atom. The highest BCUT2D eigenvalue weighted by Gasteiger charge is 2.20. The van der Waals surface area contributed by atoms with Crippen LogP contribution in [0.5, 0.6) is 0 Å². The van der Waals surface area contributed by atoms with E-state index in [9.17, 15) is 9.59 Å². The van der Waals surface area contributed by atoms with Crippen molar-refractivity contribution in [1.29, 1.82) is 0 Å². The average Bonchev–Trinajstić information content (AvgIpc) is 2.92. The number of aliphatic carboxylic acids is 1. The smallest absolute Gasteiger partial charge is 0.323 e. The van der Waals surface area contributed by atoms with Crippen molar-refractivity contribution in [3.05, 3.63) is 12.4 Å². The summed E-state index contributed by atoms with van der Waals surface area (Å²) in [7, 11) is 0. The highest BCUT2D eigenvalue weighted by Crippen LogP contribution is 2.03. The van der Waals surface area contributed by atoms with Gasteiger partial charge in [0.1, 0.15) is 6.54 Å². The van der Waals surface area contributed by atoms with Crippen LogP contribution in [0.1, 0.15) is 26.7 Å². The third kappa shape index (κ3) is 5.25. The van der Waals surface area contributed by atoms with E-state index in [4.69, 9.17) is 5.11 Å². The molecule has 0 fully saturated rings. The zero-order chi connectivity index (χ0) is 15.0. The summed E-state index contributed by atoms with van der Waals surface area (Å²) < 4.78 is 1.68. The summed E-state index contributed by atoms with van der Waals surface area (Å²) in [4.78, 5) is 24.1. The number of carbonyl (C=O) groups is 2. The van der Waals surface area contributed by atoms with Gasteiger partial charge in [0, 0.05) is 25.3 Å². The number of hydrogen-bond donors (Lipinski definition) is 2. The van der Waals surface area contributed by atoms with Gasteiger partial charge in [0.15, 0.2) is 0 Å². The lowest BCUT2D eigenvalue weighted by Gasteiger charge is -2.27. The molecule has 1 unspecified atom stereocenters. The molecule has 1 aromatic rings. The van der Waals surface area contributed by atoms with E-state index in [-0.39, 0.29) is 18.6 Å². The van der Waals surface area contributed by atoms with Gasteiger partial charge in [0.2, 0.25) is 0 Å². The molecule has 2 N–H and O–H groups in total. The van der Waals surface area contributed by atoms with Crippen molar-refractivity contribution in [3.8, 4) is 0 Å². The molecule has 1 heterocycles.